The number of hydrogen-bond acceptors (Lipinski definition) is 4. The maximum atomic E-state index is 13.8. The van der Waals surface area contributed by atoms with Crippen LogP contribution in [-0.2, 0) is 11.3 Å². The van der Waals surface area contributed by atoms with Crippen LogP contribution < -0.4 is 11.3 Å². The Balaban J connectivity index is 2.73. The molecule has 0 amide bonds. The predicted molar refractivity (Wildman–Crippen MR) is 67.9 cm³/mol. The molecule has 0 fully saturated rings. The van der Waals surface area contributed by atoms with E-state index in [9.17, 15) is 4.39 Å². The number of rotatable bonds is 3. The summed E-state index contributed by atoms with van der Waals surface area (Å²) in [5.41, 5.74) is 4.05. The first-order valence-electron chi connectivity index (χ1n) is 4.90. The molecule has 0 aliphatic heterocycles. The lowest BCUT2D eigenvalue weighted by atomic mass is 10.1. The molecule has 0 bridgehead atoms. The molecule has 17 heavy (non-hydrogen) atoms. The van der Waals surface area contributed by atoms with Crippen LogP contribution in [0.5, 0.6) is 0 Å². The molecular weight excluding hydrogens is 289 g/mol. The van der Waals surface area contributed by atoms with Crippen molar-refractivity contribution in [2.24, 2.45) is 5.84 Å². The number of anilines is 1. The smallest absolute Gasteiger partial charge is 0.150 e. The fraction of sp³-hybridized carbons (Fsp3) is 0.182. The van der Waals surface area contributed by atoms with Crippen molar-refractivity contribution >= 4 is 32.5 Å². The third-order valence-corrected chi connectivity index (χ3v) is 2.79. The number of nitrogen functional groups attached to an aromatic ring is 1. The number of halogens is 2. The number of hydrazine groups is 1. The van der Waals surface area contributed by atoms with Crippen molar-refractivity contribution in [1.29, 1.82) is 0 Å². The minimum atomic E-state index is -0.399. The SMILES string of the molecule is COCc1cc(NN)c2cc(Br)cc(F)c2n1. The summed E-state index contributed by atoms with van der Waals surface area (Å²) < 4.78 is 19.4. The van der Waals surface area contributed by atoms with Crippen molar-refractivity contribution < 1.29 is 9.13 Å². The standard InChI is InChI=1S/C11H11BrFN3O/c1-17-5-7-4-10(16-14)8-2-6(12)3-9(13)11(8)15-7/h2-4H,5,14H2,1H3,(H,15,16). The summed E-state index contributed by atoms with van der Waals surface area (Å²) in [4.78, 5) is 4.20. The fourth-order valence-electron chi connectivity index (χ4n) is 1.65. The van der Waals surface area contributed by atoms with Gasteiger partial charge in [-0.05, 0) is 18.2 Å². The van der Waals surface area contributed by atoms with Gasteiger partial charge in [-0.3, -0.25) is 5.84 Å². The monoisotopic (exact) mass is 299 g/mol. The number of nitrogens with two attached hydrogens (primary N) is 1. The Hall–Kier alpha value is -1.24. The van der Waals surface area contributed by atoms with Crippen molar-refractivity contribution in [2.45, 2.75) is 6.61 Å². The van der Waals surface area contributed by atoms with Crippen LogP contribution in [-0.4, -0.2) is 12.1 Å². The number of methoxy groups -OCH3 is 1. The normalized spacial score (nSPS) is 10.8. The van der Waals surface area contributed by atoms with Gasteiger partial charge < -0.3 is 10.2 Å². The second kappa shape index (κ2) is 4.95. The number of fused-ring (bicyclic) bond motifs is 1. The lowest BCUT2D eigenvalue weighted by Gasteiger charge is -2.09. The first-order chi connectivity index (χ1) is 8.15. The highest BCUT2D eigenvalue weighted by atomic mass is 79.9. The van der Waals surface area contributed by atoms with Gasteiger partial charge in [-0.25, -0.2) is 9.37 Å². The molecule has 1 aromatic carbocycles. The molecule has 0 atom stereocenters. The van der Waals surface area contributed by atoms with Crippen LogP contribution in [0.1, 0.15) is 5.69 Å². The Morgan fingerprint density at radius 2 is 2.24 bits per heavy atom. The Kier molecular flexibility index (Phi) is 3.56. The lowest BCUT2D eigenvalue weighted by Crippen LogP contribution is -2.09. The minimum absolute atomic E-state index is 0.274. The summed E-state index contributed by atoms with van der Waals surface area (Å²) in [6.07, 6.45) is 0. The molecule has 2 rings (SSSR count). The van der Waals surface area contributed by atoms with E-state index in [2.05, 4.69) is 26.3 Å². The topological polar surface area (TPSA) is 60.2 Å². The average molecular weight is 300 g/mol. The highest BCUT2D eigenvalue weighted by molar-refractivity contribution is 9.10. The Bertz CT molecular complexity index is 562. The van der Waals surface area contributed by atoms with Gasteiger partial charge in [0.05, 0.1) is 18.0 Å². The zero-order valence-corrected chi connectivity index (χ0v) is 10.7. The maximum absolute atomic E-state index is 13.8. The molecule has 6 heteroatoms. The van der Waals surface area contributed by atoms with Crippen LogP contribution in [0.25, 0.3) is 10.9 Å². The highest BCUT2D eigenvalue weighted by Gasteiger charge is 2.10. The van der Waals surface area contributed by atoms with E-state index in [1.54, 1.807) is 19.2 Å². The zero-order valence-electron chi connectivity index (χ0n) is 9.13. The van der Waals surface area contributed by atoms with Crippen LogP contribution in [0.2, 0.25) is 0 Å². The molecule has 0 saturated heterocycles. The van der Waals surface area contributed by atoms with Gasteiger partial charge in [0.2, 0.25) is 0 Å². The average Bonchev–Trinajstić information content (AvgIpc) is 2.29. The number of aromatic nitrogens is 1. The van der Waals surface area contributed by atoms with Crippen molar-refractivity contribution in [3.8, 4) is 0 Å². The van der Waals surface area contributed by atoms with Gasteiger partial charge in [0, 0.05) is 17.0 Å². The molecule has 1 aromatic heterocycles. The largest absolute Gasteiger partial charge is 0.378 e. The molecule has 3 N–H and O–H groups in total. The van der Waals surface area contributed by atoms with Gasteiger partial charge in [0.25, 0.3) is 0 Å². The van der Waals surface area contributed by atoms with E-state index < -0.39 is 5.82 Å². The molecule has 0 aliphatic rings. The molecule has 0 unspecified atom stereocenters. The van der Waals surface area contributed by atoms with Crippen LogP contribution in [0.3, 0.4) is 0 Å². The van der Waals surface area contributed by atoms with Crippen molar-refractivity contribution in [3.63, 3.8) is 0 Å². The predicted octanol–water partition coefficient (Wildman–Crippen LogP) is 2.57. The summed E-state index contributed by atoms with van der Waals surface area (Å²) >= 11 is 3.23. The van der Waals surface area contributed by atoms with E-state index in [1.807, 2.05) is 0 Å². The fourth-order valence-corrected chi connectivity index (χ4v) is 2.08. The second-order valence-electron chi connectivity index (χ2n) is 3.52. The van der Waals surface area contributed by atoms with Crippen molar-refractivity contribution in [3.05, 3.63) is 34.2 Å². The third kappa shape index (κ3) is 2.38. The number of hydrogen-bond donors (Lipinski definition) is 2. The van der Waals surface area contributed by atoms with Gasteiger partial charge in [0.15, 0.2) is 5.82 Å². The number of benzene rings is 1. The third-order valence-electron chi connectivity index (χ3n) is 2.33. The number of nitrogens with zero attached hydrogens (tertiary/aromatic N) is 1. The van der Waals surface area contributed by atoms with Crippen LogP contribution in [0.15, 0.2) is 22.7 Å². The van der Waals surface area contributed by atoms with E-state index in [1.165, 1.54) is 6.07 Å². The summed E-state index contributed by atoms with van der Waals surface area (Å²) in [6.45, 7) is 0.306. The van der Waals surface area contributed by atoms with Gasteiger partial charge in [-0.1, -0.05) is 15.9 Å². The summed E-state index contributed by atoms with van der Waals surface area (Å²) in [5.74, 6) is 5.03. The lowest BCUT2D eigenvalue weighted by molar-refractivity contribution is 0.182. The van der Waals surface area contributed by atoms with Crippen molar-refractivity contribution in [2.75, 3.05) is 12.5 Å². The quantitative estimate of drug-likeness (QED) is 0.675. The molecule has 2 aromatic rings. The molecule has 0 spiro atoms. The zero-order chi connectivity index (χ0) is 12.4. The Morgan fingerprint density at radius 1 is 1.47 bits per heavy atom. The summed E-state index contributed by atoms with van der Waals surface area (Å²) in [5, 5.41) is 0.624. The van der Waals surface area contributed by atoms with E-state index in [0.717, 1.165) is 0 Å². The van der Waals surface area contributed by atoms with Gasteiger partial charge >= 0.3 is 0 Å². The van der Waals surface area contributed by atoms with Gasteiger partial charge in [-0.2, -0.15) is 0 Å². The van der Waals surface area contributed by atoms with E-state index in [4.69, 9.17) is 10.6 Å². The number of pyridine rings is 1. The number of nitrogens with one attached hydrogen (secondary N) is 1. The van der Waals surface area contributed by atoms with Gasteiger partial charge in [0.1, 0.15) is 5.52 Å². The summed E-state index contributed by atoms with van der Waals surface area (Å²) in [7, 11) is 1.55. The van der Waals surface area contributed by atoms with E-state index in [0.29, 0.717) is 27.8 Å². The molecular formula is C11H11BrFN3O. The molecule has 90 valence electrons. The highest BCUT2D eigenvalue weighted by Crippen LogP contribution is 2.28. The molecule has 0 radical (unpaired) electrons. The molecule has 4 nitrogen and oxygen atoms in total. The van der Waals surface area contributed by atoms with Crippen molar-refractivity contribution in [1.82, 2.24) is 4.98 Å². The first kappa shape index (κ1) is 12.2. The molecule has 0 saturated carbocycles. The Morgan fingerprint density at radius 3 is 2.88 bits per heavy atom. The Labute approximate surface area is 106 Å². The molecule has 0 aliphatic carbocycles. The summed E-state index contributed by atoms with van der Waals surface area (Å²) in [6, 6.07) is 4.86. The van der Waals surface area contributed by atoms with Gasteiger partial charge in [-0.15, -0.1) is 0 Å². The maximum Gasteiger partial charge on any atom is 0.150 e. The second-order valence-corrected chi connectivity index (χ2v) is 4.44. The van der Waals surface area contributed by atoms with Crippen LogP contribution in [0.4, 0.5) is 10.1 Å². The van der Waals surface area contributed by atoms with E-state index in [-0.39, 0.29) is 5.52 Å². The minimum Gasteiger partial charge on any atom is -0.378 e. The number of ether oxygens (including phenoxy) is 1. The van der Waals surface area contributed by atoms with Crippen LogP contribution >= 0.6 is 15.9 Å². The van der Waals surface area contributed by atoms with Crippen LogP contribution in [0, 0.1) is 5.82 Å². The first-order valence-corrected chi connectivity index (χ1v) is 5.69. The van der Waals surface area contributed by atoms with E-state index >= 15 is 0 Å². The molecule has 1 heterocycles.